The molecule has 0 amide bonds. The first-order chi connectivity index (χ1) is 8.96. The van der Waals surface area contributed by atoms with Gasteiger partial charge in [-0.05, 0) is 33.6 Å². The van der Waals surface area contributed by atoms with Gasteiger partial charge in [0.1, 0.15) is 0 Å². The molecule has 0 spiro atoms. The number of aromatic nitrogens is 1. The zero-order valence-corrected chi connectivity index (χ0v) is 13.5. The van der Waals surface area contributed by atoms with E-state index in [1.165, 1.54) is 37.2 Å². The maximum atomic E-state index is 4.77. The lowest BCUT2D eigenvalue weighted by Crippen LogP contribution is -2.35. The van der Waals surface area contributed by atoms with Crippen LogP contribution in [0.15, 0.2) is 5.38 Å². The molecule has 2 rings (SSSR count). The largest absolute Gasteiger partial charge is 0.348 e. The van der Waals surface area contributed by atoms with Gasteiger partial charge < -0.3 is 10.2 Å². The van der Waals surface area contributed by atoms with E-state index in [4.69, 9.17) is 4.98 Å². The molecular formula is C15H27N3S. The second-order valence-electron chi connectivity index (χ2n) is 6.63. The molecule has 0 aromatic carbocycles. The summed E-state index contributed by atoms with van der Waals surface area (Å²) in [4.78, 5) is 7.16. The van der Waals surface area contributed by atoms with Crippen LogP contribution in [0.4, 0.5) is 5.13 Å². The van der Waals surface area contributed by atoms with E-state index in [1.54, 1.807) is 11.3 Å². The molecule has 4 heteroatoms. The van der Waals surface area contributed by atoms with Crippen molar-refractivity contribution in [1.29, 1.82) is 0 Å². The Morgan fingerprint density at radius 2 is 2.00 bits per heavy atom. The lowest BCUT2D eigenvalue weighted by atomic mass is 9.95. The van der Waals surface area contributed by atoms with Crippen molar-refractivity contribution in [3.05, 3.63) is 11.1 Å². The fraction of sp³-hybridized carbons (Fsp3) is 0.800. The molecule has 0 saturated heterocycles. The first-order valence-corrected chi connectivity index (χ1v) is 8.26. The zero-order valence-electron chi connectivity index (χ0n) is 12.7. The van der Waals surface area contributed by atoms with Gasteiger partial charge in [0.15, 0.2) is 5.13 Å². The molecule has 0 bridgehead atoms. The number of hydrogen-bond donors (Lipinski definition) is 1. The van der Waals surface area contributed by atoms with Crippen molar-refractivity contribution in [3.63, 3.8) is 0 Å². The Morgan fingerprint density at radius 1 is 1.32 bits per heavy atom. The fourth-order valence-corrected chi connectivity index (χ4v) is 3.38. The van der Waals surface area contributed by atoms with Gasteiger partial charge in [-0.15, -0.1) is 11.3 Å². The van der Waals surface area contributed by atoms with Crippen LogP contribution in [0.1, 0.15) is 58.6 Å². The predicted molar refractivity (Wildman–Crippen MR) is 84.0 cm³/mol. The van der Waals surface area contributed by atoms with Crippen molar-refractivity contribution in [2.24, 2.45) is 0 Å². The van der Waals surface area contributed by atoms with Gasteiger partial charge in [-0.3, -0.25) is 0 Å². The van der Waals surface area contributed by atoms with Crippen LogP contribution in [-0.2, 0) is 6.54 Å². The molecule has 1 aromatic heterocycles. The Bertz CT molecular complexity index is 388. The Labute approximate surface area is 121 Å². The summed E-state index contributed by atoms with van der Waals surface area (Å²) in [6, 6.07) is 0.698. The highest BCUT2D eigenvalue weighted by molar-refractivity contribution is 7.13. The van der Waals surface area contributed by atoms with Gasteiger partial charge in [-0.2, -0.15) is 0 Å². The predicted octanol–water partition coefficient (Wildman–Crippen LogP) is 3.80. The molecule has 0 unspecified atom stereocenters. The van der Waals surface area contributed by atoms with Crippen molar-refractivity contribution in [3.8, 4) is 0 Å². The minimum Gasteiger partial charge on any atom is -0.348 e. The molecule has 1 aromatic rings. The van der Waals surface area contributed by atoms with E-state index in [0.29, 0.717) is 6.04 Å². The molecule has 1 aliphatic rings. The molecule has 3 nitrogen and oxygen atoms in total. The monoisotopic (exact) mass is 281 g/mol. The first-order valence-electron chi connectivity index (χ1n) is 7.38. The summed E-state index contributed by atoms with van der Waals surface area (Å²) < 4.78 is 0. The lowest BCUT2D eigenvalue weighted by Gasteiger charge is -2.30. The Balaban J connectivity index is 1.92. The highest BCUT2D eigenvalue weighted by atomic mass is 32.1. The van der Waals surface area contributed by atoms with Crippen LogP contribution in [0.3, 0.4) is 0 Å². The molecule has 0 atom stereocenters. The van der Waals surface area contributed by atoms with E-state index in [2.05, 4.69) is 43.4 Å². The topological polar surface area (TPSA) is 28.2 Å². The molecule has 1 fully saturated rings. The molecule has 0 radical (unpaired) electrons. The van der Waals surface area contributed by atoms with E-state index < -0.39 is 0 Å². The van der Waals surface area contributed by atoms with E-state index in [1.807, 2.05) is 0 Å². The number of nitrogens with zero attached hydrogens (tertiary/aromatic N) is 2. The van der Waals surface area contributed by atoms with Crippen LogP contribution in [0, 0.1) is 0 Å². The van der Waals surface area contributed by atoms with Crippen molar-refractivity contribution in [1.82, 2.24) is 10.3 Å². The van der Waals surface area contributed by atoms with Crippen LogP contribution >= 0.6 is 11.3 Å². The number of rotatable bonds is 4. The summed E-state index contributed by atoms with van der Waals surface area (Å²) >= 11 is 1.78. The maximum Gasteiger partial charge on any atom is 0.185 e. The Morgan fingerprint density at radius 3 is 2.63 bits per heavy atom. The van der Waals surface area contributed by atoms with Gasteiger partial charge >= 0.3 is 0 Å². The van der Waals surface area contributed by atoms with Gasteiger partial charge in [0.05, 0.1) is 5.69 Å². The normalized spacial score (nSPS) is 17.7. The number of thiazole rings is 1. The average molecular weight is 281 g/mol. The van der Waals surface area contributed by atoms with Gasteiger partial charge in [-0.1, -0.05) is 19.3 Å². The molecule has 1 saturated carbocycles. The van der Waals surface area contributed by atoms with Crippen LogP contribution in [-0.4, -0.2) is 23.6 Å². The summed E-state index contributed by atoms with van der Waals surface area (Å²) in [7, 11) is 2.20. The highest BCUT2D eigenvalue weighted by Gasteiger charge is 2.20. The van der Waals surface area contributed by atoms with Crippen LogP contribution < -0.4 is 10.2 Å². The van der Waals surface area contributed by atoms with Crippen LogP contribution in [0.5, 0.6) is 0 Å². The van der Waals surface area contributed by atoms with Gasteiger partial charge in [0.25, 0.3) is 0 Å². The Hall–Kier alpha value is -0.610. The van der Waals surface area contributed by atoms with Crippen molar-refractivity contribution >= 4 is 16.5 Å². The molecule has 0 aliphatic heterocycles. The SMILES string of the molecule is CN(c1nc(CNC(C)(C)C)cs1)C1CCCCC1. The van der Waals surface area contributed by atoms with Crippen molar-refractivity contribution in [2.45, 2.75) is 71.0 Å². The van der Waals surface area contributed by atoms with Gasteiger partial charge in [0, 0.05) is 30.6 Å². The number of nitrogens with one attached hydrogen (secondary N) is 1. The molecule has 1 heterocycles. The van der Waals surface area contributed by atoms with E-state index in [0.717, 1.165) is 12.2 Å². The fourth-order valence-electron chi connectivity index (χ4n) is 2.52. The molecule has 108 valence electrons. The maximum absolute atomic E-state index is 4.77. The summed E-state index contributed by atoms with van der Waals surface area (Å²) in [5, 5.41) is 6.86. The Kier molecular flexibility index (Phi) is 4.85. The van der Waals surface area contributed by atoms with E-state index >= 15 is 0 Å². The van der Waals surface area contributed by atoms with E-state index in [9.17, 15) is 0 Å². The molecular weight excluding hydrogens is 254 g/mol. The van der Waals surface area contributed by atoms with Crippen molar-refractivity contribution in [2.75, 3.05) is 11.9 Å². The highest BCUT2D eigenvalue weighted by Crippen LogP contribution is 2.28. The zero-order chi connectivity index (χ0) is 13.9. The molecule has 1 aliphatic carbocycles. The molecule has 1 N–H and O–H groups in total. The second-order valence-corrected chi connectivity index (χ2v) is 7.46. The minimum atomic E-state index is 0.152. The third-order valence-electron chi connectivity index (χ3n) is 3.76. The first kappa shape index (κ1) is 14.8. The summed E-state index contributed by atoms with van der Waals surface area (Å²) in [5.41, 5.74) is 1.32. The lowest BCUT2D eigenvalue weighted by molar-refractivity contribution is 0.420. The molecule has 19 heavy (non-hydrogen) atoms. The smallest absolute Gasteiger partial charge is 0.185 e. The van der Waals surface area contributed by atoms with Crippen molar-refractivity contribution < 1.29 is 0 Å². The second kappa shape index (κ2) is 6.23. The summed E-state index contributed by atoms with van der Waals surface area (Å²) in [6.45, 7) is 7.43. The quantitative estimate of drug-likeness (QED) is 0.910. The minimum absolute atomic E-state index is 0.152. The van der Waals surface area contributed by atoms with E-state index in [-0.39, 0.29) is 5.54 Å². The summed E-state index contributed by atoms with van der Waals surface area (Å²) in [6.07, 6.45) is 6.80. The van der Waals surface area contributed by atoms with Gasteiger partial charge in [-0.25, -0.2) is 4.98 Å². The standard InChI is InChI=1S/C15H27N3S/c1-15(2,3)16-10-12-11-19-14(17-12)18(4)13-8-6-5-7-9-13/h11,13,16H,5-10H2,1-4H3. The number of anilines is 1. The van der Waals surface area contributed by atoms with Crippen LogP contribution in [0.25, 0.3) is 0 Å². The third-order valence-corrected chi connectivity index (χ3v) is 4.74. The third kappa shape index (κ3) is 4.46. The van der Waals surface area contributed by atoms with Crippen LogP contribution in [0.2, 0.25) is 0 Å². The average Bonchev–Trinajstić information content (AvgIpc) is 2.84. The summed E-state index contributed by atoms with van der Waals surface area (Å²) in [5.74, 6) is 0. The van der Waals surface area contributed by atoms with Gasteiger partial charge in [0.2, 0.25) is 0 Å². The number of hydrogen-bond acceptors (Lipinski definition) is 4.